The van der Waals surface area contributed by atoms with E-state index in [2.05, 4.69) is 4.74 Å². The van der Waals surface area contributed by atoms with Crippen LogP contribution in [0.2, 0.25) is 0 Å². The minimum atomic E-state index is -0.253. The Hall–Kier alpha value is -1.71. The number of aryl methyl sites for hydroxylation is 1. The van der Waals surface area contributed by atoms with E-state index < -0.39 is 0 Å². The number of rotatable bonds is 3. The van der Waals surface area contributed by atoms with E-state index in [0.717, 1.165) is 5.56 Å². The van der Waals surface area contributed by atoms with Gasteiger partial charge in [0.25, 0.3) is 0 Å². The summed E-state index contributed by atoms with van der Waals surface area (Å²) in [6.45, 7) is 0. The first-order chi connectivity index (χ1) is 6.63. The number of esters is 1. The number of nitrogens with two attached hydrogens (primary N) is 1. The summed E-state index contributed by atoms with van der Waals surface area (Å²) in [6.07, 6.45) is 0.887. The Labute approximate surface area is 82.3 Å². The monoisotopic (exact) mass is 195 g/mol. The number of anilines is 1. The van der Waals surface area contributed by atoms with E-state index in [9.17, 15) is 4.79 Å². The summed E-state index contributed by atoms with van der Waals surface area (Å²) in [5, 5.41) is 9.15. The van der Waals surface area contributed by atoms with Crippen LogP contribution in [0.15, 0.2) is 18.2 Å². The van der Waals surface area contributed by atoms with Crippen molar-refractivity contribution in [3.05, 3.63) is 23.8 Å². The Kier molecular flexibility index (Phi) is 3.34. The molecule has 1 rings (SSSR count). The second-order valence-electron chi connectivity index (χ2n) is 2.97. The maximum absolute atomic E-state index is 10.8. The van der Waals surface area contributed by atoms with Gasteiger partial charge >= 0.3 is 5.97 Å². The molecule has 76 valence electrons. The SMILES string of the molecule is COC(=O)CCc1ccc(O)c(N)c1. The summed E-state index contributed by atoms with van der Waals surface area (Å²) in [7, 11) is 1.35. The summed E-state index contributed by atoms with van der Waals surface area (Å²) in [5.74, 6) is -0.191. The highest BCUT2D eigenvalue weighted by molar-refractivity contribution is 5.69. The fourth-order valence-electron chi connectivity index (χ4n) is 1.11. The van der Waals surface area contributed by atoms with E-state index in [0.29, 0.717) is 18.5 Å². The van der Waals surface area contributed by atoms with Crippen LogP contribution in [0.4, 0.5) is 5.69 Å². The highest BCUT2D eigenvalue weighted by atomic mass is 16.5. The van der Waals surface area contributed by atoms with E-state index >= 15 is 0 Å². The lowest BCUT2D eigenvalue weighted by Gasteiger charge is -2.03. The summed E-state index contributed by atoms with van der Waals surface area (Å²) < 4.78 is 4.51. The van der Waals surface area contributed by atoms with E-state index in [1.165, 1.54) is 13.2 Å². The zero-order valence-electron chi connectivity index (χ0n) is 7.99. The average molecular weight is 195 g/mol. The molecule has 0 amide bonds. The first-order valence-electron chi connectivity index (χ1n) is 4.27. The number of phenolic OH excluding ortho intramolecular Hbond substituents is 1. The Morgan fingerprint density at radius 3 is 2.86 bits per heavy atom. The number of nitrogen functional groups attached to an aromatic ring is 1. The van der Waals surface area contributed by atoms with Crippen molar-refractivity contribution in [1.82, 2.24) is 0 Å². The van der Waals surface area contributed by atoms with Gasteiger partial charge in [0, 0.05) is 6.42 Å². The van der Waals surface area contributed by atoms with E-state index in [-0.39, 0.29) is 11.7 Å². The predicted molar refractivity (Wildman–Crippen MR) is 52.9 cm³/mol. The van der Waals surface area contributed by atoms with Gasteiger partial charge in [-0.15, -0.1) is 0 Å². The van der Waals surface area contributed by atoms with Crippen LogP contribution in [0, 0.1) is 0 Å². The second kappa shape index (κ2) is 4.50. The number of methoxy groups -OCH3 is 1. The highest BCUT2D eigenvalue weighted by Gasteiger charge is 2.03. The number of hydrogen-bond acceptors (Lipinski definition) is 4. The fraction of sp³-hybridized carbons (Fsp3) is 0.300. The van der Waals surface area contributed by atoms with Gasteiger partial charge in [-0.05, 0) is 24.1 Å². The molecule has 0 atom stereocenters. The van der Waals surface area contributed by atoms with Gasteiger partial charge in [-0.1, -0.05) is 6.07 Å². The van der Waals surface area contributed by atoms with Crippen LogP contribution < -0.4 is 5.73 Å². The normalized spacial score (nSPS) is 9.79. The van der Waals surface area contributed by atoms with Gasteiger partial charge in [0.15, 0.2) is 0 Å². The summed E-state index contributed by atoms with van der Waals surface area (Å²) >= 11 is 0. The maximum Gasteiger partial charge on any atom is 0.305 e. The molecular weight excluding hydrogens is 182 g/mol. The molecule has 0 spiro atoms. The van der Waals surface area contributed by atoms with Gasteiger partial charge in [-0.25, -0.2) is 0 Å². The predicted octanol–water partition coefficient (Wildman–Crippen LogP) is 1.08. The minimum Gasteiger partial charge on any atom is -0.506 e. The first-order valence-corrected chi connectivity index (χ1v) is 4.27. The smallest absolute Gasteiger partial charge is 0.305 e. The van der Waals surface area contributed by atoms with Crippen LogP contribution in [-0.2, 0) is 16.0 Å². The molecule has 0 saturated heterocycles. The number of carbonyl (C=O) groups is 1. The van der Waals surface area contributed by atoms with Crippen LogP contribution in [0.3, 0.4) is 0 Å². The van der Waals surface area contributed by atoms with Gasteiger partial charge in [-0.2, -0.15) is 0 Å². The molecule has 0 radical (unpaired) electrons. The third-order valence-corrected chi connectivity index (χ3v) is 1.94. The molecular formula is C10H13NO3. The van der Waals surface area contributed by atoms with Crippen molar-refractivity contribution in [3.8, 4) is 5.75 Å². The van der Waals surface area contributed by atoms with E-state index in [1.54, 1.807) is 12.1 Å². The Morgan fingerprint density at radius 1 is 1.57 bits per heavy atom. The van der Waals surface area contributed by atoms with Crippen LogP contribution >= 0.6 is 0 Å². The molecule has 0 bridgehead atoms. The standard InChI is InChI=1S/C10H13NO3/c1-14-10(13)5-3-7-2-4-9(12)8(11)6-7/h2,4,6,12H,3,5,11H2,1H3. The molecule has 0 saturated carbocycles. The highest BCUT2D eigenvalue weighted by Crippen LogP contribution is 2.21. The number of ether oxygens (including phenoxy) is 1. The third-order valence-electron chi connectivity index (χ3n) is 1.94. The van der Waals surface area contributed by atoms with Gasteiger partial charge in [0.05, 0.1) is 12.8 Å². The molecule has 1 aromatic carbocycles. The minimum absolute atomic E-state index is 0.0619. The van der Waals surface area contributed by atoms with Gasteiger partial charge in [0.2, 0.25) is 0 Å². The van der Waals surface area contributed by atoms with Crippen molar-refractivity contribution in [2.75, 3.05) is 12.8 Å². The van der Waals surface area contributed by atoms with Crippen LogP contribution in [0.5, 0.6) is 5.75 Å². The third kappa shape index (κ3) is 2.65. The average Bonchev–Trinajstić information content (AvgIpc) is 2.19. The van der Waals surface area contributed by atoms with Crippen molar-refractivity contribution in [2.45, 2.75) is 12.8 Å². The Morgan fingerprint density at radius 2 is 2.29 bits per heavy atom. The van der Waals surface area contributed by atoms with Crippen molar-refractivity contribution in [2.24, 2.45) is 0 Å². The topological polar surface area (TPSA) is 72.5 Å². The lowest BCUT2D eigenvalue weighted by Crippen LogP contribution is -2.02. The van der Waals surface area contributed by atoms with E-state index in [1.807, 2.05) is 0 Å². The number of hydrogen-bond donors (Lipinski definition) is 2. The summed E-state index contributed by atoms with van der Waals surface area (Å²) in [4.78, 5) is 10.8. The van der Waals surface area contributed by atoms with Crippen molar-refractivity contribution < 1.29 is 14.6 Å². The number of aromatic hydroxyl groups is 1. The van der Waals surface area contributed by atoms with Crippen molar-refractivity contribution in [1.29, 1.82) is 0 Å². The lowest BCUT2D eigenvalue weighted by atomic mass is 10.1. The molecule has 4 nitrogen and oxygen atoms in total. The van der Waals surface area contributed by atoms with Gasteiger partial charge < -0.3 is 15.6 Å². The van der Waals surface area contributed by atoms with Crippen molar-refractivity contribution in [3.63, 3.8) is 0 Å². The molecule has 0 aliphatic heterocycles. The molecule has 14 heavy (non-hydrogen) atoms. The molecule has 0 aliphatic rings. The molecule has 0 aliphatic carbocycles. The lowest BCUT2D eigenvalue weighted by molar-refractivity contribution is -0.140. The Balaban J connectivity index is 2.60. The second-order valence-corrected chi connectivity index (χ2v) is 2.97. The van der Waals surface area contributed by atoms with Crippen LogP contribution in [0.25, 0.3) is 0 Å². The van der Waals surface area contributed by atoms with Crippen LogP contribution in [-0.4, -0.2) is 18.2 Å². The fourth-order valence-corrected chi connectivity index (χ4v) is 1.11. The molecule has 0 fully saturated rings. The summed E-state index contributed by atoms with van der Waals surface area (Å²) in [5.41, 5.74) is 6.73. The quantitative estimate of drug-likeness (QED) is 0.430. The van der Waals surface area contributed by atoms with Gasteiger partial charge in [-0.3, -0.25) is 4.79 Å². The van der Waals surface area contributed by atoms with Gasteiger partial charge in [0.1, 0.15) is 5.75 Å². The molecule has 4 heteroatoms. The molecule has 0 heterocycles. The van der Waals surface area contributed by atoms with Crippen molar-refractivity contribution >= 4 is 11.7 Å². The molecule has 1 aromatic rings. The van der Waals surface area contributed by atoms with E-state index in [4.69, 9.17) is 10.8 Å². The number of benzene rings is 1. The zero-order chi connectivity index (χ0) is 10.6. The number of phenols is 1. The number of carbonyl (C=O) groups excluding carboxylic acids is 1. The largest absolute Gasteiger partial charge is 0.506 e. The molecule has 0 unspecified atom stereocenters. The maximum atomic E-state index is 10.8. The zero-order valence-corrected chi connectivity index (χ0v) is 7.99. The molecule has 0 aromatic heterocycles. The summed E-state index contributed by atoms with van der Waals surface area (Å²) in [6, 6.07) is 4.90. The molecule has 3 N–H and O–H groups in total. The first kappa shape index (κ1) is 10.4. The van der Waals surface area contributed by atoms with Crippen LogP contribution in [0.1, 0.15) is 12.0 Å². The Bertz CT molecular complexity index is 336.